The van der Waals surface area contributed by atoms with Crippen LogP contribution in [0.15, 0.2) is 67.0 Å². The minimum atomic E-state index is 0.407. The Morgan fingerprint density at radius 3 is 2.52 bits per heavy atom. The summed E-state index contributed by atoms with van der Waals surface area (Å²) in [5.41, 5.74) is 0. The van der Waals surface area contributed by atoms with Gasteiger partial charge in [-0.15, -0.1) is 0 Å². The van der Waals surface area contributed by atoms with Gasteiger partial charge in [-0.3, -0.25) is 0 Å². The maximum Gasteiger partial charge on any atom is 0.174 e. The topological polar surface area (TPSA) is 65.5 Å². The lowest BCUT2D eigenvalue weighted by Crippen LogP contribution is -2.07. The smallest absolute Gasteiger partial charge is 0.174 e. The van der Waals surface area contributed by atoms with E-state index >= 15 is 0 Å². The molecule has 6 nitrogen and oxygen atoms in total. The Kier molecular flexibility index (Phi) is 5.79. The standard InChI is InChI=1S/C19H19N3O3/c1-23-11-12-24-17-13-16(25-15-7-3-2-4-8-15)14-21-19(17)22-18-9-5-6-10-20-18/h2-10,13-14H,11-12H2,1H3,(H,20,21,22). The van der Waals surface area contributed by atoms with Gasteiger partial charge in [0.15, 0.2) is 11.6 Å². The first kappa shape index (κ1) is 16.7. The van der Waals surface area contributed by atoms with Gasteiger partial charge in [0.1, 0.15) is 23.9 Å². The van der Waals surface area contributed by atoms with Crippen LogP contribution in [0, 0.1) is 0 Å². The molecule has 128 valence electrons. The van der Waals surface area contributed by atoms with Crippen LogP contribution in [0.1, 0.15) is 0 Å². The van der Waals surface area contributed by atoms with Crippen molar-refractivity contribution in [2.45, 2.75) is 0 Å². The molecule has 3 rings (SSSR count). The van der Waals surface area contributed by atoms with E-state index in [0.717, 1.165) is 5.75 Å². The van der Waals surface area contributed by atoms with E-state index in [-0.39, 0.29) is 0 Å². The summed E-state index contributed by atoms with van der Waals surface area (Å²) in [6, 6.07) is 16.9. The molecule has 0 aliphatic rings. The predicted molar refractivity (Wildman–Crippen MR) is 95.6 cm³/mol. The zero-order chi connectivity index (χ0) is 17.3. The number of methoxy groups -OCH3 is 1. The number of ether oxygens (including phenoxy) is 3. The molecule has 3 aromatic rings. The third-order valence-electron chi connectivity index (χ3n) is 3.26. The molecule has 0 radical (unpaired) electrons. The van der Waals surface area contributed by atoms with Gasteiger partial charge in [0.2, 0.25) is 0 Å². The number of hydrogen-bond acceptors (Lipinski definition) is 6. The van der Waals surface area contributed by atoms with Crippen LogP contribution in [0.4, 0.5) is 11.6 Å². The average molecular weight is 337 g/mol. The second-order valence-corrected chi connectivity index (χ2v) is 5.11. The number of benzene rings is 1. The minimum absolute atomic E-state index is 0.407. The number of hydrogen-bond donors (Lipinski definition) is 1. The summed E-state index contributed by atoms with van der Waals surface area (Å²) in [5, 5.41) is 3.15. The zero-order valence-corrected chi connectivity index (χ0v) is 13.9. The number of nitrogens with one attached hydrogen (secondary N) is 1. The summed E-state index contributed by atoms with van der Waals surface area (Å²) in [4.78, 5) is 8.65. The van der Waals surface area contributed by atoms with Gasteiger partial charge in [-0.25, -0.2) is 9.97 Å². The van der Waals surface area contributed by atoms with Gasteiger partial charge in [0.25, 0.3) is 0 Å². The van der Waals surface area contributed by atoms with Crippen molar-refractivity contribution in [3.8, 4) is 17.2 Å². The first-order valence-corrected chi connectivity index (χ1v) is 7.88. The van der Waals surface area contributed by atoms with Gasteiger partial charge >= 0.3 is 0 Å². The third kappa shape index (κ3) is 4.92. The summed E-state index contributed by atoms with van der Waals surface area (Å²) in [7, 11) is 1.63. The van der Waals surface area contributed by atoms with E-state index in [0.29, 0.717) is 36.3 Å². The number of anilines is 2. The Morgan fingerprint density at radius 2 is 1.76 bits per heavy atom. The van der Waals surface area contributed by atoms with Crippen LogP contribution in [0.5, 0.6) is 17.2 Å². The molecule has 1 aromatic carbocycles. The van der Waals surface area contributed by atoms with Crippen molar-refractivity contribution < 1.29 is 14.2 Å². The van der Waals surface area contributed by atoms with Crippen molar-refractivity contribution in [2.24, 2.45) is 0 Å². The highest BCUT2D eigenvalue weighted by Gasteiger charge is 2.10. The first-order chi connectivity index (χ1) is 12.3. The van der Waals surface area contributed by atoms with Crippen molar-refractivity contribution in [2.75, 3.05) is 25.6 Å². The number of aromatic nitrogens is 2. The molecule has 25 heavy (non-hydrogen) atoms. The minimum Gasteiger partial charge on any atom is -0.487 e. The number of para-hydroxylation sites is 1. The molecule has 0 aliphatic carbocycles. The van der Waals surface area contributed by atoms with Crippen molar-refractivity contribution >= 4 is 11.6 Å². The monoisotopic (exact) mass is 337 g/mol. The van der Waals surface area contributed by atoms with Crippen molar-refractivity contribution in [3.63, 3.8) is 0 Å². The molecule has 2 aromatic heterocycles. The lowest BCUT2D eigenvalue weighted by atomic mass is 10.3. The van der Waals surface area contributed by atoms with Crippen molar-refractivity contribution in [1.29, 1.82) is 0 Å². The molecular weight excluding hydrogens is 318 g/mol. The van der Waals surface area contributed by atoms with E-state index in [9.17, 15) is 0 Å². The summed E-state index contributed by atoms with van der Waals surface area (Å²) < 4.78 is 16.6. The summed E-state index contributed by atoms with van der Waals surface area (Å²) >= 11 is 0. The van der Waals surface area contributed by atoms with Crippen LogP contribution in [0.2, 0.25) is 0 Å². The molecule has 0 saturated heterocycles. The number of pyridine rings is 2. The molecular formula is C19H19N3O3. The molecule has 0 fully saturated rings. The van der Waals surface area contributed by atoms with E-state index in [4.69, 9.17) is 14.2 Å². The Morgan fingerprint density at radius 1 is 0.920 bits per heavy atom. The van der Waals surface area contributed by atoms with Crippen molar-refractivity contribution in [3.05, 3.63) is 67.0 Å². The molecule has 0 spiro atoms. The van der Waals surface area contributed by atoms with Crippen LogP contribution >= 0.6 is 0 Å². The van der Waals surface area contributed by atoms with Crippen LogP contribution < -0.4 is 14.8 Å². The summed E-state index contributed by atoms with van der Waals surface area (Å²) in [6.45, 7) is 0.886. The van der Waals surface area contributed by atoms with Gasteiger partial charge < -0.3 is 19.5 Å². The molecule has 0 bridgehead atoms. The van der Waals surface area contributed by atoms with E-state index in [1.807, 2.05) is 48.5 Å². The molecule has 0 saturated carbocycles. The largest absolute Gasteiger partial charge is 0.487 e. The van der Waals surface area contributed by atoms with Crippen LogP contribution in [-0.2, 0) is 4.74 Å². The summed E-state index contributed by atoms with van der Waals surface area (Å²) in [5.74, 6) is 3.14. The molecule has 1 N–H and O–H groups in total. The van der Waals surface area contributed by atoms with E-state index in [1.165, 1.54) is 0 Å². The highest BCUT2D eigenvalue weighted by Crippen LogP contribution is 2.31. The van der Waals surface area contributed by atoms with Gasteiger partial charge in [-0.05, 0) is 24.3 Å². The van der Waals surface area contributed by atoms with Gasteiger partial charge in [-0.1, -0.05) is 24.3 Å². The predicted octanol–water partition coefficient (Wildman–Crippen LogP) is 4.04. The number of nitrogens with zero attached hydrogens (tertiary/aromatic N) is 2. The maximum atomic E-state index is 5.81. The Bertz CT molecular complexity index is 782. The fraction of sp³-hybridized carbons (Fsp3) is 0.158. The molecule has 0 unspecified atom stereocenters. The highest BCUT2D eigenvalue weighted by atomic mass is 16.5. The third-order valence-corrected chi connectivity index (χ3v) is 3.26. The fourth-order valence-corrected chi connectivity index (χ4v) is 2.10. The second-order valence-electron chi connectivity index (χ2n) is 5.11. The quantitative estimate of drug-likeness (QED) is 0.626. The fourth-order valence-electron chi connectivity index (χ4n) is 2.10. The Balaban J connectivity index is 1.81. The van der Waals surface area contributed by atoms with Gasteiger partial charge in [0.05, 0.1) is 12.8 Å². The first-order valence-electron chi connectivity index (χ1n) is 7.88. The number of rotatable bonds is 8. The van der Waals surface area contributed by atoms with E-state index < -0.39 is 0 Å². The van der Waals surface area contributed by atoms with Crippen molar-refractivity contribution in [1.82, 2.24) is 9.97 Å². The van der Waals surface area contributed by atoms with Crippen LogP contribution in [-0.4, -0.2) is 30.3 Å². The maximum absolute atomic E-state index is 5.81. The molecule has 0 amide bonds. The second kappa shape index (κ2) is 8.65. The molecule has 0 aliphatic heterocycles. The SMILES string of the molecule is COCCOc1cc(Oc2ccccc2)cnc1Nc1ccccn1. The molecule has 6 heteroatoms. The van der Waals surface area contributed by atoms with E-state index in [1.54, 1.807) is 25.6 Å². The lowest BCUT2D eigenvalue weighted by molar-refractivity contribution is 0.146. The average Bonchev–Trinajstić information content (AvgIpc) is 2.66. The van der Waals surface area contributed by atoms with Gasteiger partial charge in [0, 0.05) is 19.4 Å². The molecule has 2 heterocycles. The Hall–Kier alpha value is -3.12. The van der Waals surface area contributed by atoms with Gasteiger partial charge in [-0.2, -0.15) is 0 Å². The summed E-state index contributed by atoms with van der Waals surface area (Å²) in [6.07, 6.45) is 3.35. The highest BCUT2D eigenvalue weighted by molar-refractivity contribution is 5.60. The lowest BCUT2D eigenvalue weighted by Gasteiger charge is -2.13. The van der Waals surface area contributed by atoms with E-state index in [2.05, 4.69) is 15.3 Å². The molecule has 0 atom stereocenters. The van der Waals surface area contributed by atoms with Crippen LogP contribution in [0.25, 0.3) is 0 Å². The zero-order valence-electron chi connectivity index (χ0n) is 13.9. The normalized spacial score (nSPS) is 10.3. The Labute approximate surface area is 146 Å². The van der Waals surface area contributed by atoms with Crippen LogP contribution in [0.3, 0.4) is 0 Å².